The van der Waals surface area contributed by atoms with Crippen molar-refractivity contribution in [2.75, 3.05) is 31.5 Å². The first kappa shape index (κ1) is 39.4. The number of carboxylic acids is 1. The van der Waals surface area contributed by atoms with Gasteiger partial charge in [0.25, 0.3) is 0 Å². The summed E-state index contributed by atoms with van der Waals surface area (Å²) in [4.78, 5) is 81.6. The molecule has 294 valence electrons. The van der Waals surface area contributed by atoms with Crippen LogP contribution in [0.5, 0.6) is 23.0 Å². The van der Waals surface area contributed by atoms with E-state index in [0.717, 1.165) is 12.1 Å². The second-order valence-corrected chi connectivity index (χ2v) is 13.4. The number of rotatable bonds is 7. The number of nitrogens with one attached hydrogen (secondary N) is 3. The summed E-state index contributed by atoms with van der Waals surface area (Å²) in [6, 6.07) is 4.14. The number of halogens is 3. The Labute approximate surface area is 320 Å². The van der Waals surface area contributed by atoms with Gasteiger partial charge in [-0.05, 0) is 61.2 Å². The molecule has 3 aliphatic rings. The van der Waals surface area contributed by atoms with Crippen molar-refractivity contribution in [3.63, 3.8) is 0 Å². The van der Waals surface area contributed by atoms with Crippen molar-refractivity contribution < 1.29 is 67.7 Å². The fraction of sp³-hybridized carbons (Fsp3) is 0.294. The summed E-state index contributed by atoms with van der Waals surface area (Å²) < 4.78 is 34.1. The van der Waals surface area contributed by atoms with E-state index in [1.165, 1.54) is 34.1 Å². The Morgan fingerprint density at radius 3 is 2.23 bits per heavy atom. The zero-order valence-corrected chi connectivity index (χ0v) is 29.6. The third-order valence-corrected chi connectivity index (χ3v) is 9.99. The normalized spacial score (nSPS) is 17.8. The first-order valence-corrected chi connectivity index (χ1v) is 17.3. The number of hydrogen-bond acceptors (Lipinski definition) is 11. The van der Waals surface area contributed by atoms with E-state index < -0.39 is 106 Å². The molecule has 22 heteroatoms. The number of anilines is 1. The molecule has 18 nitrogen and oxygen atoms in total. The summed E-state index contributed by atoms with van der Waals surface area (Å²) in [6.45, 7) is -0.0231. The van der Waals surface area contributed by atoms with Crippen LogP contribution in [0.15, 0.2) is 42.5 Å². The van der Waals surface area contributed by atoms with E-state index in [1.54, 1.807) is 0 Å². The number of amides is 7. The number of carbonyl (C=O) groups excluding carboxylic acids is 5. The largest absolute Gasteiger partial charge is 0.547 e. The van der Waals surface area contributed by atoms with E-state index in [9.17, 15) is 63.0 Å². The van der Waals surface area contributed by atoms with Gasteiger partial charge in [-0.25, -0.2) is 23.2 Å². The van der Waals surface area contributed by atoms with Gasteiger partial charge in [0.15, 0.2) is 17.3 Å². The van der Waals surface area contributed by atoms with Gasteiger partial charge >= 0.3 is 37.0 Å². The standard InChI is InChI=1S/C34H32BClF2N6O12/c36-24-19(14-21(38)26(46)27(24)47)25(29(48)40-22-13-15-1-6-20(37)23(32(51)52)28(15)56-35(22)55)41-34(54)44-12-11-43(30(49)31(44)50)17-7-9-42(10-8-17)33(53)39-16-2-4-18(45)5-3-16/h1-6,14,17,22,25,45-47,55H,7-13H2,(H,39,53)(H,40,48)(H,41,54)(H,51,52)/t22-,25-/m0/s1. The number of carboxylic acid groups (broad SMARTS) is 1. The number of aromatic hydroxyl groups is 3. The summed E-state index contributed by atoms with van der Waals surface area (Å²) in [5, 5.41) is 56.1. The third-order valence-electron chi connectivity index (χ3n) is 9.60. The van der Waals surface area contributed by atoms with Crippen LogP contribution < -0.4 is 20.6 Å². The maximum Gasteiger partial charge on any atom is 0.547 e. The topological polar surface area (TPSA) is 259 Å². The molecule has 7 amide bonds. The van der Waals surface area contributed by atoms with Crippen LogP contribution in [-0.2, 0) is 20.8 Å². The zero-order valence-electron chi connectivity index (χ0n) is 28.9. The minimum atomic E-state index is -2.06. The van der Waals surface area contributed by atoms with Crippen LogP contribution in [-0.4, -0.2) is 121 Å². The van der Waals surface area contributed by atoms with Crippen molar-refractivity contribution in [1.29, 1.82) is 0 Å². The smallest absolute Gasteiger partial charge is 0.534 e. The molecule has 0 spiro atoms. The van der Waals surface area contributed by atoms with Crippen LogP contribution in [0.3, 0.4) is 0 Å². The fourth-order valence-corrected chi connectivity index (χ4v) is 6.92. The Kier molecular flexibility index (Phi) is 11.1. The number of nitrogens with zero attached hydrogens (tertiary/aromatic N) is 3. The third kappa shape index (κ3) is 7.75. The molecule has 0 saturated carbocycles. The first-order valence-electron chi connectivity index (χ1n) is 16.9. The average Bonchev–Trinajstić information content (AvgIpc) is 3.16. The molecule has 2 atom stereocenters. The molecule has 0 aromatic heterocycles. The average molecular weight is 801 g/mol. The van der Waals surface area contributed by atoms with Gasteiger partial charge in [-0.2, -0.15) is 0 Å². The Morgan fingerprint density at radius 1 is 0.893 bits per heavy atom. The molecule has 3 aromatic rings. The minimum absolute atomic E-state index is 0.0293. The van der Waals surface area contributed by atoms with Crippen molar-refractivity contribution in [3.05, 3.63) is 75.8 Å². The molecular formula is C34H32BClF2N6O12. The highest BCUT2D eigenvalue weighted by Gasteiger charge is 2.44. The quantitative estimate of drug-likeness (QED) is 0.0735. The van der Waals surface area contributed by atoms with Gasteiger partial charge < -0.3 is 55.9 Å². The summed E-state index contributed by atoms with van der Waals surface area (Å²) in [5.74, 6) is -12.2. The number of urea groups is 2. The van der Waals surface area contributed by atoms with Crippen LogP contribution in [0, 0.1) is 11.6 Å². The molecule has 8 N–H and O–H groups in total. The van der Waals surface area contributed by atoms with Crippen molar-refractivity contribution in [3.8, 4) is 23.0 Å². The van der Waals surface area contributed by atoms with Crippen LogP contribution in [0.4, 0.5) is 24.1 Å². The zero-order chi connectivity index (χ0) is 40.6. The maximum atomic E-state index is 14.7. The molecule has 2 fully saturated rings. The number of benzene rings is 3. The van der Waals surface area contributed by atoms with E-state index in [0.29, 0.717) is 29.5 Å². The summed E-state index contributed by atoms with van der Waals surface area (Å²) in [7, 11) is -1.98. The SMILES string of the molecule is O=C(O)c1c(F)ccc2c1OB(O)[C@@H](NC(=O)[C@@H](NC(=O)N1CCN(C3CCN(C(=O)Nc4ccc(O)cc4)CC3)C(=O)C1=O)c1cc(F)c(O)c(O)c1Cl)C2. The van der Waals surface area contributed by atoms with Crippen LogP contribution in [0.2, 0.25) is 5.02 Å². The monoisotopic (exact) mass is 800 g/mol. The predicted octanol–water partition coefficient (Wildman–Crippen LogP) is 1.69. The number of aromatic carboxylic acids is 1. The van der Waals surface area contributed by atoms with E-state index in [4.69, 9.17) is 16.3 Å². The van der Waals surface area contributed by atoms with Gasteiger partial charge in [-0.1, -0.05) is 17.7 Å². The molecule has 3 aliphatic heterocycles. The Morgan fingerprint density at radius 2 is 1.57 bits per heavy atom. The van der Waals surface area contributed by atoms with Gasteiger partial charge in [0, 0.05) is 43.5 Å². The van der Waals surface area contributed by atoms with Crippen molar-refractivity contribution in [2.45, 2.75) is 37.3 Å². The fourth-order valence-electron chi connectivity index (χ4n) is 6.66. The number of imide groups is 1. The van der Waals surface area contributed by atoms with E-state index in [-0.39, 0.29) is 43.9 Å². The Balaban J connectivity index is 1.14. The molecule has 2 saturated heterocycles. The second-order valence-electron chi connectivity index (χ2n) is 13.0. The summed E-state index contributed by atoms with van der Waals surface area (Å²) in [6.07, 6.45) is 0.278. The number of likely N-dealkylation sites (tertiary alicyclic amines) is 1. The number of phenols is 3. The van der Waals surface area contributed by atoms with Crippen molar-refractivity contribution in [1.82, 2.24) is 25.3 Å². The molecule has 6 rings (SSSR count). The molecule has 0 radical (unpaired) electrons. The molecular weight excluding hydrogens is 769 g/mol. The predicted molar refractivity (Wildman–Crippen MR) is 189 cm³/mol. The van der Waals surface area contributed by atoms with Gasteiger partial charge in [-0.3, -0.25) is 19.3 Å². The molecule has 0 aliphatic carbocycles. The lowest BCUT2D eigenvalue weighted by atomic mass is 9.72. The lowest BCUT2D eigenvalue weighted by molar-refractivity contribution is -0.156. The number of fused-ring (bicyclic) bond motifs is 1. The van der Waals surface area contributed by atoms with Crippen LogP contribution in [0.1, 0.15) is 40.4 Å². The van der Waals surface area contributed by atoms with E-state index in [2.05, 4.69) is 16.0 Å². The van der Waals surface area contributed by atoms with Crippen molar-refractivity contribution >= 4 is 60.2 Å². The molecule has 56 heavy (non-hydrogen) atoms. The van der Waals surface area contributed by atoms with Gasteiger partial charge in [-0.15, -0.1) is 0 Å². The number of hydrogen-bond donors (Lipinski definition) is 8. The Hall–Kier alpha value is -6.35. The number of phenolic OH excluding ortho intramolecular Hbond substituents is 3. The maximum absolute atomic E-state index is 14.7. The first-order chi connectivity index (χ1) is 26.5. The van der Waals surface area contributed by atoms with Crippen LogP contribution >= 0.6 is 11.6 Å². The number of carbonyl (C=O) groups is 6. The van der Waals surface area contributed by atoms with E-state index in [1.807, 2.05) is 0 Å². The highest BCUT2D eigenvalue weighted by molar-refractivity contribution is 6.47. The van der Waals surface area contributed by atoms with Crippen molar-refractivity contribution in [2.24, 2.45) is 0 Å². The van der Waals surface area contributed by atoms with Crippen LogP contribution in [0.25, 0.3) is 0 Å². The van der Waals surface area contributed by atoms with E-state index >= 15 is 0 Å². The Bertz CT molecular complexity index is 2120. The molecule has 0 unspecified atom stereocenters. The minimum Gasteiger partial charge on any atom is -0.534 e. The summed E-state index contributed by atoms with van der Waals surface area (Å²) in [5.41, 5.74) is -0.959. The number of piperazine rings is 1. The highest BCUT2D eigenvalue weighted by atomic mass is 35.5. The summed E-state index contributed by atoms with van der Waals surface area (Å²) >= 11 is 6.16. The lowest BCUT2D eigenvalue weighted by Crippen LogP contribution is -2.62. The lowest BCUT2D eigenvalue weighted by Gasteiger charge is -2.41. The van der Waals surface area contributed by atoms with Gasteiger partial charge in [0.05, 0.1) is 11.0 Å². The van der Waals surface area contributed by atoms with Gasteiger partial charge in [0.2, 0.25) is 5.91 Å². The molecule has 3 aromatic carbocycles. The molecule has 0 bridgehead atoms. The second kappa shape index (κ2) is 15.8. The number of piperidine rings is 1. The molecule has 3 heterocycles. The van der Waals surface area contributed by atoms with Gasteiger partial charge in [0.1, 0.15) is 28.9 Å². The highest BCUT2D eigenvalue weighted by Crippen LogP contribution is 2.41.